The second-order valence-electron chi connectivity index (χ2n) is 9.00. The van der Waals surface area contributed by atoms with Gasteiger partial charge in [0.15, 0.2) is 0 Å². The first-order valence-electron chi connectivity index (χ1n) is 11.5. The predicted molar refractivity (Wildman–Crippen MR) is 137 cm³/mol. The van der Waals surface area contributed by atoms with Crippen LogP contribution in [0.5, 0.6) is 5.75 Å². The molecule has 7 heteroatoms. The first-order valence-corrected chi connectivity index (χ1v) is 11.5. The molecule has 4 aromatic rings. The number of carbonyl (C=O) groups excluding carboxylic acids is 2. The molecule has 0 aliphatic rings. The molecule has 0 aliphatic carbocycles. The third-order valence-electron chi connectivity index (χ3n) is 5.81. The number of ether oxygens (including phenoxy) is 1. The lowest BCUT2D eigenvalue weighted by Crippen LogP contribution is -2.35. The van der Waals surface area contributed by atoms with E-state index in [1.54, 1.807) is 31.3 Å². The Morgan fingerprint density at radius 3 is 2.31 bits per heavy atom. The fourth-order valence-electron chi connectivity index (χ4n) is 4.14. The maximum absolute atomic E-state index is 12.8. The Bertz CT molecular complexity index is 1370. The third kappa shape index (κ3) is 5.69. The number of likely N-dealkylation sites (N-methyl/N-ethyl adjacent to an activating group) is 1. The van der Waals surface area contributed by atoms with E-state index in [9.17, 15) is 9.59 Å². The number of fused-ring (bicyclic) bond motifs is 1. The molecule has 0 saturated heterocycles. The van der Waals surface area contributed by atoms with Crippen molar-refractivity contribution in [1.82, 2.24) is 14.3 Å². The Morgan fingerprint density at radius 2 is 1.63 bits per heavy atom. The van der Waals surface area contributed by atoms with Crippen LogP contribution in [0.4, 0.5) is 5.69 Å². The molecule has 0 aliphatic heterocycles. The highest BCUT2D eigenvalue weighted by Gasteiger charge is 2.16. The molecule has 0 atom stereocenters. The highest BCUT2D eigenvalue weighted by atomic mass is 16.5. The number of pyridine rings is 1. The molecule has 4 rings (SSSR count). The van der Waals surface area contributed by atoms with Crippen LogP contribution in [0, 0.1) is 27.7 Å². The quantitative estimate of drug-likeness (QED) is 0.419. The molecule has 0 spiro atoms. The monoisotopic (exact) mass is 470 g/mol. The summed E-state index contributed by atoms with van der Waals surface area (Å²) in [5, 5.41) is 2.94. The molecule has 2 heterocycles. The van der Waals surface area contributed by atoms with Gasteiger partial charge in [0.25, 0.3) is 5.91 Å². The van der Waals surface area contributed by atoms with Gasteiger partial charge in [-0.3, -0.25) is 9.59 Å². The Kier molecular flexibility index (Phi) is 6.87. The van der Waals surface area contributed by atoms with Crippen LogP contribution in [0.3, 0.4) is 0 Å². The molecule has 2 aromatic heterocycles. The molecule has 1 N–H and O–H groups in total. The standard InChI is InChI=1S/C28H30N4O3/c1-18-6-11-25-29-23(15-32(25)14-18)17-35-24-9-7-22(8-10-24)28(34)31(5)16-26(33)30-27-20(3)12-19(2)13-21(27)4/h6-15H,16-17H2,1-5H3,(H,30,33). The highest BCUT2D eigenvalue weighted by Crippen LogP contribution is 2.22. The number of anilines is 1. The van der Waals surface area contributed by atoms with Crippen molar-refractivity contribution in [3.63, 3.8) is 0 Å². The smallest absolute Gasteiger partial charge is 0.254 e. The minimum absolute atomic E-state index is 0.0444. The minimum atomic E-state index is -0.237. The molecular formula is C28H30N4O3. The zero-order valence-corrected chi connectivity index (χ0v) is 20.8. The highest BCUT2D eigenvalue weighted by molar-refractivity contribution is 5.99. The molecule has 2 aromatic carbocycles. The van der Waals surface area contributed by atoms with Crippen molar-refractivity contribution in [2.45, 2.75) is 34.3 Å². The zero-order valence-electron chi connectivity index (χ0n) is 20.8. The molecule has 35 heavy (non-hydrogen) atoms. The van der Waals surface area contributed by atoms with Gasteiger partial charge in [0.2, 0.25) is 5.91 Å². The number of imidazole rings is 1. The van der Waals surface area contributed by atoms with Crippen LogP contribution in [-0.4, -0.2) is 39.7 Å². The van der Waals surface area contributed by atoms with E-state index in [4.69, 9.17) is 4.74 Å². The molecule has 0 unspecified atom stereocenters. The third-order valence-corrected chi connectivity index (χ3v) is 5.81. The fourth-order valence-corrected chi connectivity index (χ4v) is 4.14. The Labute approximate surface area is 205 Å². The van der Waals surface area contributed by atoms with Gasteiger partial charge in [-0.25, -0.2) is 4.98 Å². The van der Waals surface area contributed by atoms with Crippen LogP contribution < -0.4 is 10.1 Å². The van der Waals surface area contributed by atoms with Crippen LogP contribution in [0.2, 0.25) is 0 Å². The van der Waals surface area contributed by atoms with Gasteiger partial charge < -0.3 is 19.4 Å². The second-order valence-corrected chi connectivity index (χ2v) is 9.00. The summed E-state index contributed by atoms with van der Waals surface area (Å²) in [4.78, 5) is 31.3. The lowest BCUT2D eigenvalue weighted by Gasteiger charge is -2.18. The number of aryl methyl sites for hydroxylation is 4. The fraction of sp³-hybridized carbons (Fsp3) is 0.250. The van der Waals surface area contributed by atoms with E-state index in [1.165, 1.54) is 4.90 Å². The van der Waals surface area contributed by atoms with E-state index in [0.29, 0.717) is 17.9 Å². The van der Waals surface area contributed by atoms with E-state index in [1.807, 2.05) is 68.8 Å². The summed E-state index contributed by atoms with van der Waals surface area (Å²) >= 11 is 0. The second kappa shape index (κ2) is 10.0. The van der Waals surface area contributed by atoms with E-state index >= 15 is 0 Å². The van der Waals surface area contributed by atoms with Crippen molar-refractivity contribution >= 4 is 23.1 Å². The van der Waals surface area contributed by atoms with Gasteiger partial charge in [-0.2, -0.15) is 0 Å². The van der Waals surface area contributed by atoms with E-state index < -0.39 is 0 Å². The first kappa shape index (κ1) is 24.0. The predicted octanol–water partition coefficient (Wildman–Crippen LogP) is 4.86. The first-order chi connectivity index (χ1) is 16.7. The number of nitrogens with zero attached hydrogens (tertiary/aromatic N) is 3. The average molecular weight is 471 g/mol. The number of nitrogens with one attached hydrogen (secondary N) is 1. The van der Waals surface area contributed by atoms with Crippen LogP contribution in [0.1, 0.15) is 38.3 Å². The summed E-state index contributed by atoms with van der Waals surface area (Å²) in [7, 11) is 1.62. The number of aromatic nitrogens is 2. The number of hydrogen-bond acceptors (Lipinski definition) is 4. The normalized spacial score (nSPS) is 10.9. The lowest BCUT2D eigenvalue weighted by molar-refractivity contribution is -0.116. The van der Waals surface area contributed by atoms with Gasteiger partial charge in [-0.15, -0.1) is 0 Å². The van der Waals surface area contributed by atoms with Crippen LogP contribution >= 0.6 is 0 Å². The number of carbonyl (C=O) groups is 2. The van der Waals surface area contributed by atoms with Gasteiger partial charge in [0, 0.05) is 30.7 Å². The molecule has 0 bridgehead atoms. The summed E-state index contributed by atoms with van der Waals surface area (Å²) < 4.78 is 7.82. The summed E-state index contributed by atoms with van der Waals surface area (Å²) in [5.74, 6) is 0.166. The van der Waals surface area contributed by atoms with Crippen LogP contribution in [0.15, 0.2) is 60.9 Å². The SMILES string of the molecule is Cc1cc(C)c(NC(=O)CN(C)C(=O)c2ccc(OCc3cn4cc(C)ccc4n3)cc2)c(C)c1. The molecule has 0 radical (unpaired) electrons. The Hall–Kier alpha value is -4.13. The van der Waals surface area contributed by atoms with Crippen molar-refractivity contribution in [2.24, 2.45) is 0 Å². The van der Waals surface area contributed by atoms with E-state index in [0.717, 1.165) is 39.3 Å². The average Bonchev–Trinajstić information content (AvgIpc) is 3.22. The van der Waals surface area contributed by atoms with Crippen molar-refractivity contribution in [3.05, 3.63) is 94.4 Å². The summed E-state index contributed by atoms with van der Waals surface area (Å²) in [6, 6.07) is 14.9. The van der Waals surface area contributed by atoms with Gasteiger partial charge in [0.1, 0.15) is 18.0 Å². The molecular weight excluding hydrogens is 440 g/mol. The zero-order chi connectivity index (χ0) is 25.1. The number of benzene rings is 2. The minimum Gasteiger partial charge on any atom is -0.487 e. The van der Waals surface area contributed by atoms with Crippen LogP contribution in [0.25, 0.3) is 5.65 Å². The Balaban J connectivity index is 1.33. The molecule has 0 fully saturated rings. The van der Waals surface area contributed by atoms with Gasteiger partial charge in [-0.1, -0.05) is 23.8 Å². The maximum atomic E-state index is 12.8. The molecule has 180 valence electrons. The number of amides is 2. The summed E-state index contributed by atoms with van der Waals surface area (Å²) in [5.41, 5.74) is 7.27. The van der Waals surface area contributed by atoms with Gasteiger partial charge in [0.05, 0.1) is 12.2 Å². The van der Waals surface area contributed by atoms with Crippen molar-refractivity contribution < 1.29 is 14.3 Å². The van der Waals surface area contributed by atoms with Crippen LogP contribution in [-0.2, 0) is 11.4 Å². The lowest BCUT2D eigenvalue weighted by atomic mass is 10.1. The van der Waals surface area contributed by atoms with Gasteiger partial charge in [-0.05, 0) is 74.7 Å². The maximum Gasteiger partial charge on any atom is 0.254 e. The van der Waals surface area contributed by atoms with Crippen molar-refractivity contribution in [3.8, 4) is 5.75 Å². The molecule has 2 amide bonds. The van der Waals surface area contributed by atoms with E-state index in [2.05, 4.69) is 10.3 Å². The molecule has 0 saturated carbocycles. The van der Waals surface area contributed by atoms with Crippen molar-refractivity contribution in [1.29, 1.82) is 0 Å². The number of hydrogen-bond donors (Lipinski definition) is 1. The topological polar surface area (TPSA) is 75.9 Å². The van der Waals surface area contributed by atoms with Crippen molar-refractivity contribution in [2.75, 3.05) is 18.9 Å². The van der Waals surface area contributed by atoms with E-state index in [-0.39, 0.29) is 18.4 Å². The molecule has 7 nitrogen and oxygen atoms in total. The Morgan fingerprint density at radius 1 is 0.943 bits per heavy atom. The largest absolute Gasteiger partial charge is 0.487 e. The van der Waals surface area contributed by atoms with Gasteiger partial charge >= 0.3 is 0 Å². The summed E-state index contributed by atoms with van der Waals surface area (Å²) in [6.45, 7) is 8.26. The summed E-state index contributed by atoms with van der Waals surface area (Å²) in [6.07, 6.45) is 3.96. The number of rotatable bonds is 7.